The van der Waals surface area contributed by atoms with Gasteiger partial charge in [0.15, 0.2) is 11.1 Å². The van der Waals surface area contributed by atoms with Gasteiger partial charge in [0.25, 0.3) is 0 Å². The average molecular weight is 311 g/mol. The van der Waals surface area contributed by atoms with Crippen LogP contribution in [0.25, 0.3) is 0 Å². The van der Waals surface area contributed by atoms with Crippen LogP contribution in [0, 0.1) is 0 Å². The highest BCUT2D eigenvalue weighted by molar-refractivity contribution is 7.13. The number of aromatic nitrogens is 1. The van der Waals surface area contributed by atoms with Crippen LogP contribution in [0.3, 0.4) is 0 Å². The molecule has 0 radical (unpaired) electrons. The van der Waals surface area contributed by atoms with E-state index >= 15 is 0 Å². The van der Waals surface area contributed by atoms with Crippen molar-refractivity contribution >= 4 is 22.4 Å². The Labute approximate surface area is 130 Å². The number of nitrogens with one attached hydrogen (secondary N) is 2. The number of ether oxygens (including phenoxy) is 1. The van der Waals surface area contributed by atoms with Gasteiger partial charge in [-0.3, -0.25) is 4.99 Å². The van der Waals surface area contributed by atoms with Crippen molar-refractivity contribution in [3.8, 4) is 0 Å². The maximum absolute atomic E-state index is 5.00. The molecule has 0 spiro atoms. The molecule has 1 aliphatic heterocycles. The Bertz CT molecular complexity index is 442. The van der Waals surface area contributed by atoms with Crippen molar-refractivity contribution in [2.45, 2.75) is 19.3 Å². The quantitative estimate of drug-likeness (QED) is 0.448. The van der Waals surface area contributed by atoms with E-state index in [1.165, 1.54) is 18.0 Å². The molecule has 0 bridgehead atoms. The summed E-state index contributed by atoms with van der Waals surface area (Å²) < 4.78 is 5.00. The normalized spacial score (nSPS) is 15.5. The standard InChI is InChI=1S/C14H25N5OS/c1-15-13(17-7-10-20-2)16-6-5-12-11-21-14(18-12)19-8-3-4-9-19/h11H,3-10H2,1-2H3,(H2,15,16,17). The van der Waals surface area contributed by atoms with Gasteiger partial charge in [-0.2, -0.15) is 0 Å². The van der Waals surface area contributed by atoms with Crippen molar-refractivity contribution in [1.82, 2.24) is 15.6 Å². The van der Waals surface area contributed by atoms with E-state index in [9.17, 15) is 0 Å². The number of rotatable bonds is 7. The molecule has 0 amide bonds. The predicted molar refractivity (Wildman–Crippen MR) is 88.5 cm³/mol. The summed E-state index contributed by atoms with van der Waals surface area (Å²) in [6, 6.07) is 0. The monoisotopic (exact) mass is 311 g/mol. The van der Waals surface area contributed by atoms with Crippen LogP contribution >= 0.6 is 11.3 Å². The lowest BCUT2D eigenvalue weighted by Gasteiger charge is -2.12. The van der Waals surface area contributed by atoms with Gasteiger partial charge in [0, 0.05) is 52.1 Å². The summed E-state index contributed by atoms with van der Waals surface area (Å²) in [7, 11) is 3.47. The van der Waals surface area contributed by atoms with Crippen molar-refractivity contribution < 1.29 is 4.74 Å². The first kappa shape index (κ1) is 16.0. The second-order valence-corrected chi connectivity index (χ2v) is 5.82. The van der Waals surface area contributed by atoms with Crippen LogP contribution in [0.1, 0.15) is 18.5 Å². The highest BCUT2D eigenvalue weighted by atomic mass is 32.1. The van der Waals surface area contributed by atoms with Crippen LogP contribution in [0.2, 0.25) is 0 Å². The Kier molecular flexibility index (Phi) is 6.75. The van der Waals surface area contributed by atoms with Gasteiger partial charge < -0.3 is 20.3 Å². The molecule has 0 aliphatic carbocycles. The van der Waals surface area contributed by atoms with E-state index in [4.69, 9.17) is 9.72 Å². The molecule has 21 heavy (non-hydrogen) atoms. The number of nitrogens with zero attached hydrogens (tertiary/aromatic N) is 3. The minimum absolute atomic E-state index is 0.673. The Morgan fingerprint density at radius 2 is 2.14 bits per heavy atom. The molecule has 0 atom stereocenters. The molecule has 6 nitrogen and oxygen atoms in total. The van der Waals surface area contributed by atoms with E-state index in [0.29, 0.717) is 6.61 Å². The van der Waals surface area contributed by atoms with E-state index in [1.54, 1.807) is 25.5 Å². The summed E-state index contributed by atoms with van der Waals surface area (Å²) in [5.41, 5.74) is 1.15. The van der Waals surface area contributed by atoms with Gasteiger partial charge in [-0.1, -0.05) is 0 Å². The summed E-state index contributed by atoms with van der Waals surface area (Å²) in [5.74, 6) is 0.807. The lowest BCUT2D eigenvalue weighted by molar-refractivity contribution is 0.203. The molecule has 0 aromatic carbocycles. The molecule has 2 N–H and O–H groups in total. The van der Waals surface area contributed by atoms with Crippen molar-refractivity contribution in [2.75, 3.05) is 51.8 Å². The fourth-order valence-electron chi connectivity index (χ4n) is 2.27. The first-order valence-corrected chi connectivity index (χ1v) is 8.34. The molecule has 0 unspecified atom stereocenters. The third kappa shape index (κ3) is 5.17. The predicted octanol–water partition coefficient (Wildman–Crippen LogP) is 1.10. The highest BCUT2D eigenvalue weighted by Crippen LogP contribution is 2.24. The van der Waals surface area contributed by atoms with Crippen molar-refractivity contribution in [1.29, 1.82) is 0 Å². The van der Waals surface area contributed by atoms with Crippen molar-refractivity contribution in [3.05, 3.63) is 11.1 Å². The van der Waals surface area contributed by atoms with E-state index in [0.717, 1.165) is 44.3 Å². The van der Waals surface area contributed by atoms with Gasteiger partial charge in [-0.25, -0.2) is 4.98 Å². The maximum Gasteiger partial charge on any atom is 0.191 e. The molecule has 1 aromatic rings. The lowest BCUT2D eigenvalue weighted by atomic mass is 10.3. The zero-order valence-corrected chi connectivity index (χ0v) is 13.7. The maximum atomic E-state index is 5.00. The second kappa shape index (κ2) is 8.84. The molecule has 1 fully saturated rings. The summed E-state index contributed by atoms with van der Waals surface area (Å²) >= 11 is 1.75. The zero-order valence-electron chi connectivity index (χ0n) is 12.9. The summed E-state index contributed by atoms with van der Waals surface area (Å²) in [6.07, 6.45) is 3.50. The number of hydrogen-bond acceptors (Lipinski definition) is 5. The zero-order chi connectivity index (χ0) is 14.9. The molecule has 1 aromatic heterocycles. The topological polar surface area (TPSA) is 61.8 Å². The Morgan fingerprint density at radius 3 is 2.86 bits per heavy atom. The van der Waals surface area contributed by atoms with Gasteiger partial charge in [-0.15, -0.1) is 11.3 Å². The van der Waals surface area contributed by atoms with Crippen LogP contribution < -0.4 is 15.5 Å². The number of guanidine groups is 1. The number of methoxy groups -OCH3 is 1. The van der Waals surface area contributed by atoms with E-state index in [1.807, 2.05) is 0 Å². The van der Waals surface area contributed by atoms with Gasteiger partial charge in [0.05, 0.1) is 12.3 Å². The fraction of sp³-hybridized carbons (Fsp3) is 0.714. The minimum Gasteiger partial charge on any atom is -0.383 e. The van der Waals surface area contributed by atoms with Crippen LogP contribution in [-0.4, -0.2) is 57.9 Å². The molecule has 1 aliphatic rings. The lowest BCUT2D eigenvalue weighted by Crippen LogP contribution is -2.39. The number of hydrogen-bond donors (Lipinski definition) is 2. The Hall–Kier alpha value is -1.34. The fourth-order valence-corrected chi connectivity index (χ4v) is 3.18. The molecular weight excluding hydrogens is 286 g/mol. The number of aliphatic imine (C=N–C) groups is 1. The molecular formula is C14H25N5OS. The van der Waals surface area contributed by atoms with Crippen molar-refractivity contribution in [2.24, 2.45) is 4.99 Å². The van der Waals surface area contributed by atoms with E-state index in [2.05, 4.69) is 25.9 Å². The average Bonchev–Trinajstić information content (AvgIpc) is 3.16. The highest BCUT2D eigenvalue weighted by Gasteiger charge is 2.15. The van der Waals surface area contributed by atoms with Gasteiger partial charge in [-0.05, 0) is 12.8 Å². The second-order valence-electron chi connectivity index (χ2n) is 4.98. The van der Waals surface area contributed by atoms with Crippen LogP contribution in [0.4, 0.5) is 5.13 Å². The van der Waals surface area contributed by atoms with E-state index in [-0.39, 0.29) is 0 Å². The van der Waals surface area contributed by atoms with Crippen LogP contribution in [0.5, 0.6) is 0 Å². The smallest absolute Gasteiger partial charge is 0.191 e. The molecule has 2 heterocycles. The van der Waals surface area contributed by atoms with Gasteiger partial charge in [0.1, 0.15) is 0 Å². The molecule has 118 valence electrons. The van der Waals surface area contributed by atoms with Gasteiger partial charge in [0.2, 0.25) is 0 Å². The summed E-state index contributed by atoms with van der Waals surface area (Å²) in [5, 5.41) is 9.82. The Balaban J connectivity index is 1.70. The van der Waals surface area contributed by atoms with Gasteiger partial charge >= 0.3 is 0 Å². The Morgan fingerprint density at radius 1 is 1.38 bits per heavy atom. The number of anilines is 1. The SMILES string of the molecule is CN=C(NCCOC)NCCc1csc(N2CCCC2)n1. The largest absolute Gasteiger partial charge is 0.383 e. The number of thiazole rings is 1. The van der Waals surface area contributed by atoms with Crippen LogP contribution in [-0.2, 0) is 11.2 Å². The molecule has 7 heteroatoms. The summed E-state index contributed by atoms with van der Waals surface area (Å²) in [4.78, 5) is 11.3. The summed E-state index contributed by atoms with van der Waals surface area (Å²) in [6.45, 7) is 4.57. The first-order valence-electron chi connectivity index (χ1n) is 7.46. The van der Waals surface area contributed by atoms with E-state index < -0.39 is 0 Å². The third-order valence-electron chi connectivity index (χ3n) is 3.41. The molecule has 2 rings (SSSR count). The third-order valence-corrected chi connectivity index (χ3v) is 4.36. The first-order chi connectivity index (χ1) is 10.3. The van der Waals surface area contributed by atoms with Crippen LogP contribution in [0.15, 0.2) is 10.4 Å². The molecule has 1 saturated heterocycles. The minimum atomic E-state index is 0.673. The van der Waals surface area contributed by atoms with Crippen molar-refractivity contribution in [3.63, 3.8) is 0 Å². The molecule has 0 saturated carbocycles.